The van der Waals surface area contributed by atoms with Crippen LogP contribution >= 0.6 is 12.4 Å². The average Bonchev–Trinajstić information content (AvgIpc) is 2.30. The Balaban J connectivity index is 0.000000720. The molecule has 0 saturated heterocycles. The summed E-state index contributed by atoms with van der Waals surface area (Å²) in [5.74, 6) is 0.174. The molecule has 2 N–H and O–H groups in total. The molecule has 0 saturated carbocycles. The van der Waals surface area contributed by atoms with Crippen molar-refractivity contribution in [3.63, 3.8) is 0 Å². The summed E-state index contributed by atoms with van der Waals surface area (Å²) in [7, 11) is 0. The van der Waals surface area contributed by atoms with Crippen LogP contribution in [-0.2, 0) is 0 Å². The molecular formula is C9H10ClNO. The Morgan fingerprint density at radius 3 is 2.67 bits per heavy atom. The zero-order valence-electron chi connectivity index (χ0n) is 6.49. The second-order valence-corrected chi connectivity index (χ2v) is 2.82. The summed E-state index contributed by atoms with van der Waals surface area (Å²) >= 11 is 0. The molecule has 0 spiro atoms. The van der Waals surface area contributed by atoms with E-state index in [4.69, 9.17) is 5.73 Å². The number of carbonyl (C=O) groups is 1. The predicted molar refractivity (Wildman–Crippen MR) is 49.6 cm³/mol. The SMILES string of the molecule is Cl.NC1CC(=O)c2ccccc21. The molecule has 2 nitrogen and oxygen atoms in total. The van der Waals surface area contributed by atoms with Crippen LogP contribution in [-0.4, -0.2) is 5.78 Å². The molecule has 12 heavy (non-hydrogen) atoms. The van der Waals surface area contributed by atoms with Crippen LogP contribution in [0.1, 0.15) is 28.4 Å². The van der Waals surface area contributed by atoms with Crippen molar-refractivity contribution in [1.82, 2.24) is 0 Å². The summed E-state index contributed by atoms with van der Waals surface area (Å²) in [6.07, 6.45) is 0.472. The Morgan fingerprint density at radius 2 is 2.00 bits per heavy atom. The fraction of sp³-hybridized carbons (Fsp3) is 0.222. The van der Waals surface area contributed by atoms with Crippen molar-refractivity contribution < 1.29 is 4.79 Å². The van der Waals surface area contributed by atoms with Crippen LogP contribution in [0.3, 0.4) is 0 Å². The fourth-order valence-corrected chi connectivity index (χ4v) is 1.49. The first-order valence-corrected chi connectivity index (χ1v) is 3.67. The highest BCUT2D eigenvalue weighted by Gasteiger charge is 2.25. The first kappa shape index (κ1) is 9.23. The van der Waals surface area contributed by atoms with E-state index in [1.54, 1.807) is 0 Å². The highest BCUT2D eigenvalue weighted by molar-refractivity contribution is 6.01. The molecule has 1 atom stereocenters. The van der Waals surface area contributed by atoms with Gasteiger partial charge in [0.05, 0.1) is 0 Å². The van der Waals surface area contributed by atoms with Gasteiger partial charge in [-0.05, 0) is 5.56 Å². The van der Waals surface area contributed by atoms with Gasteiger partial charge in [0.25, 0.3) is 0 Å². The molecule has 0 fully saturated rings. The second-order valence-electron chi connectivity index (χ2n) is 2.82. The van der Waals surface area contributed by atoms with E-state index in [2.05, 4.69) is 0 Å². The normalized spacial score (nSPS) is 20.1. The lowest BCUT2D eigenvalue weighted by Crippen LogP contribution is -2.05. The fourth-order valence-electron chi connectivity index (χ4n) is 1.49. The third-order valence-corrected chi connectivity index (χ3v) is 2.07. The molecular weight excluding hydrogens is 174 g/mol. The maximum Gasteiger partial charge on any atom is 0.165 e. The highest BCUT2D eigenvalue weighted by atomic mass is 35.5. The van der Waals surface area contributed by atoms with Gasteiger partial charge in [0.2, 0.25) is 0 Å². The third kappa shape index (κ3) is 1.24. The number of halogens is 1. The molecule has 1 unspecified atom stereocenters. The molecule has 1 aliphatic rings. The van der Waals surface area contributed by atoms with E-state index in [0.717, 1.165) is 11.1 Å². The molecule has 1 aliphatic carbocycles. The maximum atomic E-state index is 11.2. The maximum absolute atomic E-state index is 11.2. The van der Waals surface area contributed by atoms with Crippen molar-refractivity contribution >= 4 is 18.2 Å². The van der Waals surface area contributed by atoms with E-state index in [1.807, 2.05) is 24.3 Å². The van der Waals surface area contributed by atoms with Crippen molar-refractivity contribution in [3.05, 3.63) is 35.4 Å². The number of fused-ring (bicyclic) bond motifs is 1. The van der Waals surface area contributed by atoms with Gasteiger partial charge in [0, 0.05) is 18.0 Å². The zero-order valence-corrected chi connectivity index (χ0v) is 7.30. The summed E-state index contributed by atoms with van der Waals surface area (Å²) in [5, 5.41) is 0. The van der Waals surface area contributed by atoms with Gasteiger partial charge in [-0.25, -0.2) is 0 Å². The Labute approximate surface area is 77.2 Å². The highest BCUT2D eigenvalue weighted by Crippen LogP contribution is 2.28. The Kier molecular flexibility index (Phi) is 2.50. The summed E-state index contributed by atoms with van der Waals surface area (Å²) in [5.41, 5.74) is 7.52. The van der Waals surface area contributed by atoms with Crippen molar-refractivity contribution in [1.29, 1.82) is 0 Å². The standard InChI is InChI=1S/C9H9NO.ClH/c10-8-5-9(11)7-4-2-1-3-6(7)8;/h1-4,8H,5,10H2;1H. The predicted octanol–water partition coefficient (Wildman–Crippen LogP) is 1.69. The first-order valence-electron chi connectivity index (χ1n) is 3.67. The third-order valence-electron chi connectivity index (χ3n) is 2.07. The van der Waals surface area contributed by atoms with Crippen LogP contribution in [0.15, 0.2) is 24.3 Å². The number of benzene rings is 1. The molecule has 0 heterocycles. The number of ketones is 1. The molecule has 1 aromatic rings. The number of rotatable bonds is 0. The van der Waals surface area contributed by atoms with E-state index in [-0.39, 0.29) is 24.2 Å². The molecule has 2 rings (SSSR count). The molecule has 0 radical (unpaired) electrons. The monoisotopic (exact) mass is 183 g/mol. The molecule has 3 heteroatoms. The van der Waals surface area contributed by atoms with Crippen LogP contribution in [0.5, 0.6) is 0 Å². The van der Waals surface area contributed by atoms with E-state index in [9.17, 15) is 4.79 Å². The topological polar surface area (TPSA) is 43.1 Å². The molecule has 1 aromatic carbocycles. The van der Waals surface area contributed by atoms with Gasteiger partial charge >= 0.3 is 0 Å². The summed E-state index contributed by atoms with van der Waals surface area (Å²) < 4.78 is 0. The van der Waals surface area contributed by atoms with Gasteiger partial charge in [-0.2, -0.15) is 0 Å². The van der Waals surface area contributed by atoms with Gasteiger partial charge in [0.1, 0.15) is 0 Å². The number of hydrogen-bond acceptors (Lipinski definition) is 2. The van der Waals surface area contributed by atoms with Crippen LogP contribution < -0.4 is 5.73 Å². The number of carbonyl (C=O) groups excluding carboxylic acids is 1. The first-order chi connectivity index (χ1) is 5.29. The quantitative estimate of drug-likeness (QED) is 0.665. The molecule has 0 amide bonds. The second kappa shape index (κ2) is 3.25. The number of Topliss-reactive ketones (excluding diaryl/α,β-unsaturated/α-hetero) is 1. The molecule has 0 aromatic heterocycles. The van der Waals surface area contributed by atoms with Gasteiger partial charge in [0.15, 0.2) is 5.78 Å². The molecule has 64 valence electrons. The van der Waals surface area contributed by atoms with Gasteiger partial charge in [-0.1, -0.05) is 24.3 Å². The van der Waals surface area contributed by atoms with Gasteiger partial charge < -0.3 is 5.73 Å². The average molecular weight is 184 g/mol. The summed E-state index contributed by atoms with van der Waals surface area (Å²) in [4.78, 5) is 11.2. The van der Waals surface area contributed by atoms with E-state index in [1.165, 1.54) is 0 Å². The van der Waals surface area contributed by atoms with Crippen molar-refractivity contribution in [2.24, 2.45) is 5.73 Å². The van der Waals surface area contributed by atoms with Crippen LogP contribution in [0, 0.1) is 0 Å². The van der Waals surface area contributed by atoms with Crippen LogP contribution in [0.25, 0.3) is 0 Å². The van der Waals surface area contributed by atoms with E-state index < -0.39 is 0 Å². The number of nitrogens with two attached hydrogens (primary N) is 1. The van der Waals surface area contributed by atoms with Crippen molar-refractivity contribution in [3.8, 4) is 0 Å². The molecule has 0 bridgehead atoms. The Bertz CT molecular complexity index is 311. The van der Waals surface area contributed by atoms with Crippen LogP contribution in [0.2, 0.25) is 0 Å². The smallest absolute Gasteiger partial charge is 0.165 e. The summed E-state index contributed by atoms with van der Waals surface area (Å²) in [6, 6.07) is 7.47. The van der Waals surface area contributed by atoms with E-state index >= 15 is 0 Å². The minimum absolute atomic E-state index is 0. The lowest BCUT2D eigenvalue weighted by atomic mass is 10.1. The largest absolute Gasteiger partial charge is 0.324 e. The number of hydrogen-bond donors (Lipinski definition) is 1. The van der Waals surface area contributed by atoms with Crippen molar-refractivity contribution in [2.45, 2.75) is 12.5 Å². The van der Waals surface area contributed by atoms with Crippen molar-refractivity contribution in [2.75, 3.05) is 0 Å². The van der Waals surface area contributed by atoms with Gasteiger partial charge in [-0.3, -0.25) is 4.79 Å². The lowest BCUT2D eigenvalue weighted by molar-refractivity contribution is 0.0989. The molecule has 0 aliphatic heterocycles. The Morgan fingerprint density at radius 1 is 1.33 bits per heavy atom. The lowest BCUT2D eigenvalue weighted by Gasteiger charge is -2.00. The van der Waals surface area contributed by atoms with E-state index in [0.29, 0.717) is 6.42 Å². The zero-order chi connectivity index (χ0) is 7.84. The van der Waals surface area contributed by atoms with Gasteiger partial charge in [-0.15, -0.1) is 12.4 Å². The Hall–Kier alpha value is -0.860. The summed E-state index contributed by atoms with van der Waals surface area (Å²) in [6.45, 7) is 0. The minimum Gasteiger partial charge on any atom is -0.324 e. The minimum atomic E-state index is -0.0706. The van der Waals surface area contributed by atoms with Crippen LogP contribution in [0.4, 0.5) is 0 Å².